The third-order valence-electron chi connectivity index (χ3n) is 3.21. The maximum atomic E-state index is 5.59. The lowest BCUT2D eigenvalue weighted by Crippen LogP contribution is -2.45. The van der Waals surface area contributed by atoms with Gasteiger partial charge in [-0.3, -0.25) is 0 Å². The quantitative estimate of drug-likeness (QED) is 0.771. The SMILES string of the molecule is CCCCC1COCCN1c1ccccc1. The molecule has 2 rings (SSSR count). The minimum absolute atomic E-state index is 0.566. The lowest BCUT2D eigenvalue weighted by molar-refractivity contribution is 0.0909. The van der Waals surface area contributed by atoms with Gasteiger partial charge < -0.3 is 9.64 Å². The maximum Gasteiger partial charge on any atom is 0.0670 e. The molecule has 0 saturated carbocycles. The van der Waals surface area contributed by atoms with Gasteiger partial charge in [0.25, 0.3) is 0 Å². The van der Waals surface area contributed by atoms with Gasteiger partial charge in [-0.2, -0.15) is 0 Å². The number of benzene rings is 1. The van der Waals surface area contributed by atoms with E-state index in [1.165, 1.54) is 24.9 Å². The molecule has 16 heavy (non-hydrogen) atoms. The van der Waals surface area contributed by atoms with Gasteiger partial charge in [0.2, 0.25) is 0 Å². The van der Waals surface area contributed by atoms with E-state index >= 15 is 0 Å². The van der Waals surface area contributed by atoms with E-state index in [0.717, 1.165) is 19.8 Å². The summed E-state index contributed by atoms with van der Waals surface area (Å²) in [6, 6.07) is 11.3. The summed E-state index contributed by atoms with van der Waals surface area (Å²) in [6.45, 7) is 5.02. The number of hydrogen-bond donors (Lipinski definition) is 0. The fraction of sp³-hybridized carbons (Fsp3) is 0.571. The first kappa shape index (κ1) is 11.5. The molecule has 1 aromatic carbocycles. The van der Waals surface area contributed by atoms with Crippen LogP contribution in [-0.4, -0.2) is 25.8 Å². The first-order valence-corrected chi connectivity index (χ1v) is 6.31. The molecule has 88 valence electrons. The molecule has 2 nitrogen and oxygen atoms in total. The maximum absolute atomic E-state index is 5.59. The Morgan fingerprint density at radius 3 is 2.88 bits per heavy atom. The lowest BCUT2D eigenvalue weighted by Gasteiger charge is -2.37. The number of nitrogens with zero attached hydrogens (tertiary/aromatic N) is 1. The van der Waals surface area contributed by atoms with Crippen molar-refractivity contribution in [2.45, 2.75) is 32.2 Å². The van der Waals surface area contributed by atoms with Crippen molar-refractivity contribution in [3.63, 3.8) is 0 Å². The lowest BCUT2D eigenvalue weighted by atomic mass is 10.1. The van der Waals surface area contributed by atoms with Gasteiger partial charge in [0.1, 0.15) is 0 Å². The van der Waals surface area contributed by atoms with Crippen molar-refractivity contribution in [1.82, 2.24) is 0 Å². The van der Waals surface area contributed by atoms with Crippen LogP contribution in [0.15, 0.2) is 30.3 Å². The van der Waals surface area contributed by atoms with E-state index in [4.69, 9.17) is 4.74 Å². The molecule has 1 heterocycles. The van der Waals surface area contributed by atoms with E-state index in [0.29, 0.717) is 6.04 Å². The molecule has 0 spiro atoms. The highest BCUT2D eigenvalue weighted by atomic mass is 16.5. The average Bonchev–Trinajstić information content (AvgIpc) is 2.38. The van der Waals surface area contributed by atoms with Gasteiger partial charge >= 0.3 is 0 Å². The van der Waals surface area contributed by atoms with Crippen LogP contribution < -0.4 is 4.90 Å². The molecule has 1 atom stereocenters. The molecule has 1 aliphatic heterocycles. The molecule has 1 fully saturated rings. The van der Waals surface area contributed by atoms with Crippen molar-refractivity contribution < 1.29 is 4.74 Å². The molecule has 0 aromatic heterocycles. The van der Waals surface area contributed by atoms with Crippen LogP contribution in [0.2, 0.25) is 0 Å². The Labute approximate surface area is 98.2 Å². The smallest absolute Gasteiger partial charge is 0.0670 e. The summed E-state index contributed by atoms with van der Waals surface area (Å²) < 4.78 is 5.59. The van der Waals surface area contributed by atoms with E-state index in [2.05, 4.69) is 42.2 Å². The number of para-hydroxylation sites is 1. The Morgan fingerprint density at radius 1 is 1.31 bits per heavy atom. The van der Waals surface area contributed by atoms with Crippen molar-refractivity contribution in [3.8, 4) is 0 Å². The number of anilines is 1. The highest BCUT2D eigenvalue weighted by Gasteiger charge is 2.22. The number of ether oxygens (including phenoxy) is 1. The molecule has 0 radical (unpaired) electrons. The number of hydrogen-bond acceptors (Lipinski definition) is 2. The zero-order chi connectivity index (χ0) is 11.2. The Bertz CT molecular complexity index is 299. The van der Waals surface area contributed by atoms with Crippen LogP contribution in [0.3, 0.4) is 0 Å². The molecule has 0 aliphatic carbocycles. The second-order valence-electron chi connectivity index (χ2n) is 4.40. The summed E-state index contributed by atoms with van der Waals surface area (Å²) in [6.07, 6.45) is 3.79. The van der Waals surface area contributed by atoms with Crippen LogP contribution in [0.25, 0.3) is 0 Å². The van der Waals surface area contributed by atoms with Crippen LogP contribution in [0.5, 0.6) is 0 Å². The molecule has 0 bridgehead atoms. The molecule has 0 N–H and O–H groups in total. The van der Waals surface area contributed by atoms with Gasteiger partial charge in [-0.05, 0) is 18.6 Å². The molecule has 1 saturated heterocycles. The largest absolute Gasteiger partial charge is 0.377 e. The van der Waals surface area contributed by atoms with Gasteiger partial charge in [-0.25, -0.2) is 0 Å². The Balaban J connectivity index is 2.04. The Hall–Kier alpha value is -1.02. The van der Waals surface area contributed by atoms with Gasteiger partial charge in [0, 0.05) is 12.2 Å². The van der Waals surface area contributed by atoms with Gasteiger partial charge in [-0.15, -0.1) is 0 Å². The van der Waals surface area contributed by atoms with Crippen LogP contribution >= 0.6 is 0 Å². The van der Waals surface area contributed by atoms with Crippen molar-refractivity contribution in [1.29, 1.82) is 0 Å². The highest BCUT2D eigenvalue weighted by molar-refractivity contribution is 5.47. The third kappa shape index (κ3) is 2.76. The fourth-order valence-electron chi connectivity index (χ4n) is 2.29. The van der Waals surface area contributed by atoms with Gasteiger partial charge in [0.15, 0.2) is 0 Å². The minimum Gasteiger partial charge on any atom is -0.377 e. The average molecular weight is 219 g/mol. The van der Waals surface area contributed by atoms with E-state index in [-0.39, 0.29) is 0 Å². The van der Waals surface area contributed by atoms with E-state index < -0.39 is 0 Å². The molecular weight excluding hydrogens is 198 g/mol. The number of morpholine rings is 1. The van der Waals surface area contributed by atoms with Crippen molar-refractivity contribution in [2.75, 3.05) is 24.7 Å². The van der Waals surface area contributed by atoms with Gasteiger partial charge in [0.05, 0.1) is 19.3 Å². The zero-order valence-electron chi connectivity index (χ0n) is 10.1. The summed E-state index contributed by atoms with van der Waals surface area (Å²) in [4.78, 5) is 2.50. The van der Waals surface area contributed by atoms with E-state index in [1.54, 1.807) is 0 Å². The van der Waals surface area contributed by atoms with Crippen molar-refractivity contribution in [2.24, 2.45) is 0 Å². The predicted molar refractivity (Wildman–Crippen MR) is 67.9 cm³/mol. The third-order valence-corrected chi connectivity index (χ3v) is 3.21. The topological polar surface area (TPSA) is 12.5 Å². The summed E-state index contributed by atoms with van der Waals surface area (Å²) in [5.41, 5.74) is 1.34. The first-order valence-electron chi connectivity index (χ1n) is 6.31. The first-order chi connectivity index (χ1) is 7.92. The Morgan fingerprint density at radius 2 is 2.12 bits per heavy atom. The standard InChI is InChI=1S/C14H21NO/c1-2-3-7-14-12-16-11-10-15(14)13-8-5-4-6-9-13/h4-6,8-9,14H,2-3,7,10-12H2,1H3. The van der Waals surface area contributed by atoms with E-state index in [1.807, 2.05) is 0 Å². The van der Waals surface area contributed by atoms with Crippen LogP contribution in [0.1, 0.15) is 26.2 Å². The van der Waals surface area contributed by atoms with Crippen LogP contribution in [0.4, 0.5) is 5.69 Å². The molecule has 1 aliphatic rings. The molecule has 1 unspecified atom stereocenters. The summed E-state index contributed by atoms with van der Waals surface area (Å²) in [5, 5.41) is 0. The van der Waals surface area contributed by atoms with Crippen molar-refractivity contribution >= 4 is 5.69 Å². The molecule has 1 aromatic rings. The molecule has 2 heteroatoms. The highest BCUT2D eigenvalue weighted by Crippen LogP contribution is 2.21. The normalized spacial score (nSPS) is 21.1. The fourth-order valence-corrected chi connectivity index (χ4v) is 2.29. The van der Waals surface area contributed by atoms with Crippen molar-refractivity contribution in [3.05, 3.63) is 30.3 Å². The second kappa shape index (κ2) is 5.90. The van der Waals surface area contributed by atoms with Gasteiger partial charge in [-0.1, -0.05) is 38.0 Å². The predicted octanol–water partition coefficient (Wildman–Crippen LogP) is 3.08. The summed E-state index contributed by atoms with van der Waals surface area (Å²) in [7, 11) is 0. The van der Waals surface area contributed by atoms with Crippen LogP contribution in [-0.2, 0) is 4.74 Å². The summed E-state index contributed by atoms with van der Waals surface area (Å²) in [5.74, 6) is 0. The summed E-state index contributed by atoms with van der Waals surface area (Å²) >= 11 is 0. The Kier molecular flexibility index (Phi) is 4.23. The monoisotopic (exact) mass is 219 g/mol. The second-order valence-corrected chi connectivity index (χ2v) is 4.40. The minimum atomic E-state index is 0.566. The molecular formula is C14H21NO. The van der Waals surface area contributed by atoms with Crippen LogP contribution in [0, 0.1) is 0 Å². The van der Waals surface area contributed by atoms with E-state index in [9.17, 15) is 0 Å². The molecule has 0 amide bonds. The number of rotatable bonds is 4. The number of unbranched alkanes of at least 4 members (excludes halogenated alkanes) is 1. The zero-order valence-corrected chi connectivity index (χ0v) is 10.1.